The fourth-order valence-electron chi connectivity index (χ4n) is 5.32. The molecule has 0 aliphatic carbocycles. The van der Waals surface area contributed by atoms with Crippen molar-refractivity contribution in [1.82, 2.24) is 5.32 Å². The summed E-state index contributed by atoms with van der Waals surface area (Å²) >= 11 is 0. The molecule has 1 nitrogen and oxygen atoms in total. The standard InChI is InChI=1S/C33H69N.ClH/c1-3-4-5-6-7-8-9-10-11-12-13-14-15-16-17-18-19-20-21-22-23-24-25-26-27-28-29-30-31-32-33-34-2;/h34H,3-33H2,1-2H3;1H. The lowest BCUT2D eigenvalue weighted by Gasteiger charge is -2.04. The van der Waals surface area contributed by atoms with Crippen molar-refractivity contribution in [2.24, 2.45) is 0 Å². The summed E-state index contributed by atoms with van der Waals surface area (Å²) in [6, 6.07) is 0. The second kappa shape index (κ2) is 36.4. The van der Waals surface area contributed by atoms with Crippen molar-refractivity contribution >= 4 is 12.4 Å². The normalized spacial score (nSPS) is 11.1. The van der Waals surface area contributed by atoms with E-state index in [1.807, 2.05) is 0 Å². The van der Waals surface area contributed by atoms with Crippen molar-refractivity contribution in [3.8, 4) is 0 Å². The first kappa shape index (κ1) is 37.4. The number of rotatable bonds is 31. The maximum atomic E-state index is 3.24. The number of nitrogens with one attached hydrogen (secondary N) is 1. The van der Waals surface area contributed by atoms with E-state index in [9.17, 15) is 0 Å². The first-order chi connectivity index (χ1) is 16.9. The predicted molar refractivity (Wildman–Crippen MR) is 165 cm³/mol. The van der Waals surface area contributed by atoms with Gasteiger partial charge in [0.1, 0.15) is 0 Å². The topological polar surface area (TPSA) is 12.0 Å². The summed E-state index contributed by atoms with van der Waals surface area (Å²) in [6.07, 6.45) is 44.2. The Balaban J connectivity index is 0. The molecule has 1 N–H and O–H groups in total. The van der Waals surface area contributed by atoms with Gasteiger partial charge in [-0.15, -0.1) is 12.4 Å². The maximum Gasteiger partial charge on any atom is -0.00519 e. The molecule has 0 amide bonds. The van der Waals surface area contributed by atoms with Crippen LogP contribution in [0.3, 0.4) is 0 Å². The van der Waals surface area contributed by atoms with E-state index < -0.39 is 0 Å². The second-order valence-electron chi connectivity index (χ2n) is 11.4. The van der Waals surface area contributed by atoms with Crippen LogP contribution in [0.25, 0.3) is 0 Å². The number of halogens is 1. The first-order valence-corrected chi connectivity index (χ1v) is 16.6. The van der Waals surface area contributed by atoms with E-state index in [-0.39, 0.29) is 12.4 Å². The Morgan fingerprint density at radius 2 is 0.457 bits per heavy atom. The van der Waals surface area contributed by atoms with Gasteiger partial charge in [-0.3, -0.25) is 0 Å². The Bertz CT molecular complexity index is 301. The van der Waals surface area contributed by atoms with Crippen LogP contribution in [0.1, 0.15) is 200 Å². The molecule has 0 saturated carbocycles. The summed E-state index contributed by atoms with van der Waals surface area (Å²) in [6.45, 7) is 3.50. The molecule has 0 rings (SSSR count). The summed E-state index contributed by atoms with van der Waals surface area (Å²) in [5.74, 6) is 0. The average Bonchev–Trinajstić information content (AvgIpc) is 2.85. The molecule has 0 aliphatic rings. The van der Waals surface area contributed by atoms with Crippen molar-refractivity contribution in [2.75, 3.05) is 13.6 Å². The fourth-order valence-corrected chi connectivity index (χ4v) is 5.32. The highest BCUT2D eigenvalue weighted by Crippen LogP contribution is 2.16. The van der Waals surface area contributed by atoms with Crippen LogP contribution in [0, 0.1) is 0 Å². The second-order valence-corrected chi connectivity index (χ2v) is 11.4. The highest BCUT2D eigenvalue weighted by molar-refractivity contribution is 5.85. The summed E-state index contributed by atoms with van der Waals surface area (Å²) < 4.78 is 0. The molecule has 0 aromatic rings. The molecule has 0 spiro atoms. The highest BCUT2D eigenvalue weighted by atomic mass is 35.5. The Morgan fingerprint density at radius 1 is 0.286 bits per heavy atom. The molecule has 214 valence electrons. The van der Waals surface area contributed by atoms with Crippen molar-refractivity contribution < 1.29 is 0 Å². The quantitative estimate of drug-likeness (QED) is 0.0904. The number of hydrogen-bond donors (Lipinski definition) is 1. The van der Waals surface area contributed by atoms with Crippen molar-refractivity contribution in [3.63, 3.8) is 0 Å². The Kier molecular flexibility index (Phi) is 38.9. The predicted octanol–water partition coefficient (Wildman–Crippen LogP) is 12.4. The van der Waals surface area contributed by atoms with Gasteiger partial charge in [0.05, 0.1) is 0 Å². The zero-order chi connectivity index (χ0) is 24.6. The third-order valence-electron chi connectivity index (χ3n) is 7.78. The number of hydrogen-bond acceptors (Lipinski definition) is 1. The third kappa shape index (κ3) is 36.5. The summed E-state index contributed by atoms with van der Waals surface area (Å²) in [7, 11) is 2.06. The van der Waals surface area contributed by atoms with Gasteiger partial charge in [0, 0.05) is 0 Å². The van der Waals surface area contributed by atoms with Crippen LogP contribution in [-0.4, -0.2) is 13.6 Å². The molecule has 0 saturated heterocycles. The summed E-state index contributed by atoms with van der Waals surface area (Å²) in [5.41, 5.74) is 0. The Morgan fingerprint density at radius 3 is 0.629 bits per heavy atom. The van der Waals surface area contributed by atoms with E-state index >= 15 is 0 Å². The first-order valence-electron chi connectivity index (χ1n) is 16.6. The van der Waals surface area contributed by atoms with Gasteiger partial charge in [0.15, 0.2) is 0 Å². The molecule has 0 bridgehead atoms. The minimum Gasteiger partial charge on any atom is -0.320 e. The van der Waals surface area contributed by atoms with Crippen LogP contribution >= 0.6 is 12.4 Å². The molecule has 2 heteroatoms. The van der Waals surface area contributed by atoms with Gasteiger partial charge >= 0.3 is 0 Å². The molecule has 0 aromatic carbocycles. The minimum atomic E-state index is 0. The van der Waals surface area contributed by atoms with Gasteiger partial charge in [-0.1, -0.05) is 193 Å². The van der Waals surface area contributed by atoms with E-state index in [4.69, 9.17) is 0 Å². The van der Waals surface area contributed by atoms with Crippen molar-refractivity contribution in [1.29, 1.82) is 0 Å². The third-order valence-corrected chi connectivity index (χ3v) is 7.78. The van der Waals surface area contributed by atoms with Crippen LogP contribution < -0.4 is 5.32 Å². The minimum absolute atomic E-state index is 0. The van der Waals surface area contributed by atoms with Gasteiger partial charge in [-0.05, 0) is 20.0 Å². The van der Waals surface area contributed by atoms with E-state index in [0.717, 1.165) is 0 Å². The van der Waals surface area contributed by atoms with E-state index in [1.54, 1.807) is 0 Å². The molecule has 0 aliphatic heterocycles. The van der Waals surface area contributed by atoms with E-state index in [2.05, 4.69) is 19.3 Å². The maximum absolute atomic E-state index is 3.24. The van der Waals surface area contributed by atoms with Gasteiger partial charge < -0.3 is 5.32 Å². The van der Waals surface area contributed by atoms with Crippen LogP contribution in [0.4, 0.5) is 0 Å². The zero-order valence-electron chi connectivity index (χ0n) is 24.8. The van der Waals surface area contributed by atoms with Gasteiger partial charge in [0.25, 0.3) is 0 Å². The lowest BCUT2D eigenvalue weighted by Crippen LogP contribution is -2.06. The molecule has 0 aromatic heterocycles. The van der Waals surface area contributed by atoms with Gasteiger partial charge in [-0.2, -0.15) is 0 Å². The van der Waals surface area contributed by atoms with Crippen molar-refractivity contribution in [3.05, 3.63) is 0 Å². The lowest BCUT2D eigenvalue weighted by atomic mass is 10.0. The SMILES string of the molecule is CCCCCCCCCCCCCCCCCCCCCCCCCCCCCCCCNC.Cl. The molecule has 0 fully saturated rings. The van der Waals surface area contributed by atoms with Crippen molar-refractivity contribution in [2.45, 2.75) is 200 Å². The van der Waals surface area contributed by atoms with Gasteiger partial charge in [-0.25, -0.2) is 0 Å². The molecule has 35 heavy (non-hydrogen) atoms. The van der Waals surface area contributed by atoms with Crippen LogP contribution in [0.15, 0.2) is 0 Å². The lowest BCUT2D eigenvalue weighted by molar-refractivity contribution is 0.512. The van der Waals surface area contributed by atoms with Crippen LogP contribution in [0.5, 0.6) is 0 Å². The Hall–Kier alpha value is 0.250. The summed E-state index contributed by atoms with van der Waals surface area (Å²) in [4.78, 5) is 0. The molecule has 0 radical (unpaired) electrons. The zero-order valence-corrected chi connectivity index (χ0v) is 25.6. The van der Waals surface area contributed by atoms with Gasteiger partial charge in [0.2, 0.25) is 0 Å². The summed E-state index contributed by atoms with van der Waals surface area (Å²) in [5, 5.41) is 3.24. The smallest absolute Gasteiger partial charge is 0.00519 e. The molecule has 0 unspecified atom stereocenters. The average molecular weight is 516 g/mol. The monoisotopic (exact) mass is 516 g/mol. The van der Waals surface area contributed by atoms with E-state index in [1.165, 1.54) is 199 Å². The molecule has 0 heterocycles. The Labute approximate surface area is 230 Å². The molecular weight excluding hydrogens is 446 g/mol. The largest absolute Gasteiger partial charge is 0.320 e. The molecule has 0 atom stereocenters. The van der Waals surface area contributed by atoms with Crippen LogP contribution in [0.2, 0.25) is 0 Å². The van der Waals surface area contributed by atoms with E-state index in [0.29, 0.717) is 0 Å². The fraction of sp³-hybridized carbons (Fsp3) is 1.00. The number of unbranched alkanes of at least 4 members (excludes halogenated alkanes) is 29. The molecular formula is C33H70ClN. The highest BCUT2D eigenvalue weighted by Gasteiger charge is 1.96. The van der Waals surface area contributed by atoms with Crippen LogP contribution in [-0.2, 0) is 0 Å².